The number of nitro benzene ring substituents is 1. The van der Waals surface area contributed by atoms with E-state index < -0.39 is 16.5 Å². The molecule has 0 atom stereocenters. The van der Waals surface area contributed by atoms with Crippen molar-refractivity contribution in [2.45, 2.75) is 6.92 Å². The third-order valence-corrected chi connectivity index (χ3v) is 3.87. The number of carbonyl (C=O) groups excluding carboxylic acids is 2. The van der Waals surface area contributed by atoms with Crippen LogP contribution < -0.4 is 11.1 Å². The number of ketones is 2. The van der Waals surface area contributed by atoms with Gasteiger partial charge >= 0.3 is 0 Å². The molecule has 0 bridgehead atoms. The number of rotatable bonds is 3. The molecule has 0 saturated heterocycles. The second-order valence-electron chi connectivity index (χ2n) is 5.39. The molecule has 7 nitrogen and oxygen atoms in total. The summed E-state index contributed by atoms with van der Waals surface area (Å²) in [7, 11) is 0. The number of hydrogen-bond acceptors (Lipinski definition) is 6. The summed E-state index contributed by atoms with van der Waals surface area (Å²) in [6, 6.07) is 9.30. The van der Waals surface area contributed by atoms with Crippen LogP contribution in [-0.2, 0) is 4.79 Å². The lowest BCUT2D eigenvalue weighted by Gasteiger charge is -2.19. The highest BCUT2D eigenvalue weighted by Crippen LogP contribution is 2.32. The SMILES string of the molecule is Cc1c(N)cc([N+](=O)[O-])cc1NC1=CC(=O)C(=O)c2ccccc21. The van der Waals surface area contributed by atoms with Crippen LogP contribution in [0.3, 0.4) is 0 Å². The number of benzene rings is 2. The van der Waals surface area contributed by atoms with E-state index >= 15 is 0 Å². The highest BCUT2D eigenvalue weighted by atomic mass is 16.6. The molecule has 0 radical (unpaired) electrons. The number of allylic oxidation sites excluding steroid dienone is 1. The van der Waals surface area contributed by atoms with E-state index in [0.29, 0.717) is 28.1 Å². The minimum atomic E-state index is -0.646. The minimum absolute atomic E-state index is 0.160. The van der Waals surface area contributed by atoms with Crippen LogP contribution >= 0.6 is 0 Å². The van der Waals surface area contributed by atoms with E-state index in [-0.39, 0.29) is 11.4 Å². The second-order valence-corrected chi connectivity index (χ2v) is 5.39. The van der Waals surface area contributed by atoms with Crippen molar-refractivity contribution >= 4 is 34.3 Å². The largest absolute Gasteiger partial charge is 0.398 e. The Balaban J connectivity index is 2.09. The summed E-state index contributed by atoms with van der Waals surface area (Å²) in [6.45, 7) is 1.71. The Labute approximate surface area is 136 Å². The van der Waals surface area contributed by atoms with Gasteiger partial charge in [-0.2, -0.15) is 0 Å². The molecule has 0 spiro atoms. The molecule has 0 fully saturated rings. The van der Waals surface area contributed by atoms with Gasteiger partial charge in [0.2, 0.25) is 11.6 Å². The summed E-state index contributed by atoms with van der Waals surface area (Å²) >= 11 is 0. The number of Topliss-reactive ketones (excluding diaryl/α,β-unsaturated/α-hetero) is 1. The van der Waals surface area contributed by atoms with Crippen molar-refractivity contribution < 1.29 is 14.5 Å². The van der Waals surface area contributed by atoms with Gasteiger partial charge in [-0.1, -0.05) is 24.3 Å². The zero-order chi connectivity index (χ0) is 17.4. The highest BCUT2D eigenvalue weighted by Gasteiger charge is 2.26. The monoisotopic (exact) mass is 323 g/mol. The first-order chi connectivity index (χ1) is 11.4. The van der Waals surface area contributed by atoms with Gasteiger partial charge in [-0.3, -0.25) is 19.7 Å². The van der Waals surface area contributed by atoms with Crippen molar-refractivity contribution in [3.05, 3.63) is 69.3 Å². The van der Waals surface area contributed by atoms with Gasteiger partial charge in [0.25, 0.3) is 5.69 Å². The molecule has 3 rings (SSSR count). The maximum atomic E-state index is 11.9. The lowest BCUT2D eigenvalue weighted by molar-refractivity contribution is -0.384. The number of carbonyl (C=O) groups is 2. The Morgan fingerprint density at radius 1 is 1.12 bits per heavy atom. The van der Waals surface area contributed by atoms with Crippen LogP contribution in [0.2, 0.25) is 0 Å². The third-order valence-electron chi connectivity index (χ3n) is 3.87. The van der Waals surface area contributed by atoms with E-state index in [2.05, 4.69) is 5.32 Å². The normalized spacial score (nSPS) is 13.3. The lowest BCUT2D eigenvalue weighted by Crippen LogP contribution is -2.21. The molecule has 2 aromatic carbocycles. The van der Waals surface area contributed by atoms with Crippen LogP contribution in [0, 0.1) is 17.0 Å². The van der Waals surface area contributed by atoms with Crippen LogP contribution in [-0.4, -0.2) is 16.5 Å². The van der Waals surface area contributed by atoms with Gasteiger partial charge in [-0.25, -0.2) is 0 Å². The molecule has 7 heteroatoms. The van der Waals surface area contributed by atoms with Gasteiger partial charge in [0.1, 0.15) is 0 Å². The number of nitrogen functional groups attached to an aromatic ring is 1. The van der Waals surface area contributed by atoms with Crippen LogP contribution in [0.25, 0.3) is 5.70 Å². The zero-order valence-corrected chi connectivity index (χ0v) is 12.7. The number of fused-ring (bicyclic) bond motifs is 1. The van der Waals surface area contributed by atoms with Gasteiger partial charge in [0.15, 0.2) is 0 Å². The lowest BCUT2D eigenvalue weighted by atomic mass is 9.92. The summed E-state index contributed by atoms with van der Waals surface area (Å²) in [6.07, 6.45) is 1.19. The number of nitrogens with zero attached hydrogens (tertiary/aromatic N) is 1. The molecule has 2 aromatic rings. The molecule has 120 valence electrons. The number of anilines is 2. The van der Waals surface area contributed by atoms with Crippen molar-refractivity contribution in [3.8, 4) is 0 Å². The number of hydrogen-bond donors (Lipinski definition) is 2. The van der Waals surface area contributed by atoms with Crippen molar-refractivity contribution in [1.29, 1.82) is 0 Å². The van der Waals surface area contributed by atoms with Gasteiger partial charge in [-0.15, -0.1) is 0 Å². The van der Waals surface area contributed by atoms with Crippen molar-refractivity contribution in [2.75, 3.05) is 11.1 Å². The van der Waals surface area contributed by atoms with Crippen LogP contribution in [0.4, 0.5) is 17.1 Å². The molecule has 1 aliphatic carbocycles. The summed E-state index contributed by atoms with van der Waals surface area (Å²) in [5.41, 5.74) is 8.21. The van der Waals surface area contributed by atoms with E-state index in [9.17, 15) is 19.7 Å². The Bertz CT molecular complexity index is 931. The van der Waals surface area contributed by atoms with E-state index in [0.717, 1.165) is 0 Å². The summed E-state index contributed by atoms with van der Waals surface area (Å²) < 4.78 is 0. The number of nitrogens with two attached hydrogens (primary N) is 1. The summed E-state index contributed by atoms with van der Waals surface area (Å²) in [5.74, 6) is -1.22. The van der Waals surface area contributed by atoms with Crippen molar-refractivity contribution in [2.24, 2.45) is 0 Å². The van der Waals surface area contributed by atoms with Crippen LogP contribution in [0.15, 0.2) is 42.5 Å². The molecular formula is C17H13N3O4. The Morgan fingerprint density at radius 2 is 1.79 bits per heavy atom. The van der Waals surface area contributed by atoms with Crippen LogP contribution in [0.1, 0.15) is 21.5 Å². The number of non-ortho nitro benzene ring substituents is 1. The average Bonchev–Trinajstić information content (AvgIpc) is 2.56. The quantitative estimate of drug-likeness (QED) is 0.388. The number of nitrogens with one attached hydrogen (secondary N) is 1. The predicted molar refractivity (Wildman–Crippen MR) is 89.6 cm³/mol. The first-order valence-electron chi connectivity index (χ1n) is 7.10. The van der Waals surface area contributed by atoms with E-state index in [4.69, 9.17) is 5.73 Å². The number of nitro groups is 1. The van der Waals surface area contributed by atoms with Gasteiger partial charge in [0, 0.05) is 35.0 Å². The molecule has 1 aliphatic rings. The summed E-state index contributed by atoms with van der Waals surface area (Å²) in [5, 5.41) is 14.0. The minimum Gasteiger partial charge on any atom is -0.398 e. The molecule has 0 unspecified atom stereocenters. The smallest absolute Gasteiger partial charge is 0.273 e. The molecule has 3 N–H and O–H groups in total. The van der Waals surface area contributed by atoms with E-state index in [1.807, 2.05) is 0 Å². The third kappa shape index (κ3) is 2.52. The van der Waals surface area contributed by atoms with Crippen molar-refractivity contribution in [3.63, 3.8) is 0 Å². The first kappa shape index (κ1) is 15.4. The Hall–Kier alpha value is -3.48. The molecule has 0 aliphatic heterocycles. The van der Waals surface area contributed by atoms with E-state index in [1.54, 1.807) is 31.2 Å². The van der Waals surface area contributed by atoms with Crippen LogP contribution in [0.5, 0.6) is 0 Å². The standard InChI is InChI=1S/C17H13N3O4/c1-9-13(18)6-10(20(23)24)7-14(9)19-15-8-16(21)17(22)12-5-3-2-4-11(12)15/h2-8,19H,18H2,1H3. The van der Waals surface area contributed by atoms with Gasteiger partial charge in [0.05, 0.1) is 16.3 Å². The zero-order valence-electron chi connectivity index (χ0n) is 12.7. The van der Waals surface area contributed by atoms with Gasteiger partial charge < -0.3 is 11.1 Å². The highest BCUT2D eigenvalue weighted by molar-refractivity contribution is 6.50. The molecule has 0 amide bonds. The van der Waals surface area contributed by atoms with Gasteiger partial charge in [-0.05, 0) is 12.5 Å². The molecule has 0 aromatic heterocycles. The van der Waals surface area contributed by atoms with Crippen molar-refractivity contribution in [1.82, 2.24) is 0 Å². The Kier molecular flexibility index (Phi) is 3.61. The summed E-state index contributed by atoms with van der Waals surface area (Å²) in [4.78, 5) is 34.3. The maximum Gasteiger partial charge on any atom is 0.273 e. The Morgan fingerprint density at radius 3 is 2.46 bits per heavy atom. The fraction of sp³-hybridized carbons (Fsp3) is 0.0588. The first-order valence-corrected chi connectivity index (χ1v) is 7.10. The molecular weight excluding hydrogens is 310 g/mol. The second kappa shape index (κ2) is 5.62. The molecule has 0 heterocycles. The predicted octanol–water partition coefficient (Wildman–Crippen LogP) is 2.70. The van der Waals surface area contributed by atoms with E-state index in [1.165, 1.54) is 18.2 Å². The topological polar surface area (TPSA) is 115 Å². The fourth-order valence-corrected chi connectivity index (χ4v) is 2.53. The fourth-order valence-electron chi connectivity index (χ4n) is 2.53. The molecule has 24 heavy (non-hydrogen) atoms. The molecule has 0 saturated carbocycles. The maximum absolute atomic E-state index is 11.9. The average molecular weight is 323 g/mol.